The van der Waals surface area contributed by atoms with Crippen molar-refractivity contribution in [1.82, 2.24) is 19.8 Å². The Labute approximate surface area is 196 Å². The van der Waals surface area contributed by atoms with Crippen molar-refractivity contribution in [2.45, 2.75) is 45.3 Å². The lowest BCUT2D eigenvalue weighted by Gasteiger charge is -2.35. The Bertz CT molecular complexity index is 1030. The first-order valence-electron chi connectivity index (χ1n) is 11.1. The number of halogens is 2. The largest absolute Gasteiger partial charge is 0.465 e. The topological polar surface area (TPSA) is 108 Å². The predicted octanol–water partition coefficient (Wildman–Crippen LogP) is 4.17. The van der Waals surface area contributed by atoms with E-state index < -0.39 is 17.6 Å². The molecule has 0 atom stereocenters. The molecular weight excluding hydrogens is 448 g/mol. The zero-order valence-electron chi connectivity index (χ0n) is 19.4. The maximum Gasteiger partial charge on any atom is 0.407 e. The molecule has 2 aromatic rings. The lowest BCUT2D eigenvalue weighted by atomic mass is 9.93. The van der Waals surface area contributed by atoms with Gasteiger partial charge in [0.1, 0.15) is 23.6 Å². The van der Waals surface area contributed by atoms with E-state index in [0.29, 0.717) is 6.54 Å². The number of nitrogens with zero attached hydrogens (tertiary/aromatic N) is 4. The van der Waals surface area contributed by atoms with Crippen molar-refractivity contribution in [2.24, 2.45) is 0 Å². The summed E-state index contributed by atoms with van der Waals surface area (Å²) < 4.78 is 35.1. The molecular formula is C23H29F2N5O4. The normalized spacial score (nSPS) is 15.2. The highest BCUT2D eigenvalue weighted by molar-refractivity contribution is 5.97. The molecule has 34 heavy (non-hydrogen) atoms. The summed E-state index contributed by atoms with van der Waals surface area (Å²) in [5.41, 5.74) is -1.57. The summed E-state index contributed by atoms with van der Waals surface area (Å²) in [7, 11) is 0. The molecule has 0 aliphatic carbocycles. The van der Waals surface area contributed by atoms with Crippen molar-refractivity contribution in [3.63, 3.8) is 0 Å². The molecule has 1 aromatic heterocycles. The molecule has 3 rings (SSSR count). The Kier molecular flexibility index (Phi) is 7.85. The van der Waals surface area contributed by atoms with Gasteiger partial charge >= 0.3 is 6.09 Å². The van der Waals surface area contributed by atoms with Gasteiger partial charge in [-0.1, -0.05) is 0 Å². The van der Waals surface area contributed by atoms with Crippen molar-refractivity contribution in [1.29, 1.82) is 0 Å². The fourth-order valence-electron chi connectivity index (χ4n) is 3.82. The zero-order chi connectivity index (χ0) is 24.9. The molecule has 1 saturated heterocycles. The Balaban J connectivity index is 1.78. The molecule has 11 heteroatoms. The highest BCUT2D eigenvalue weighted by Gasteiger charge is 2.36. The van der Waals surface area contributed by atoms with Gasteiger partial charge in [-0.05, 0) is 39.0 Å². The average molecular weight is 478 g/mol. The minimum atomic E-state index is -1.62. The Morgan fingerprint density at radius 1 is 1.29 bits per heavy atom. The van der Waals surface area contributed by atoms with Gasteiger partial charge in [0.15, 0.2) is 11.6 Å². The van der Waals surface area contributed by atoms with Gasteiger partial charge in [-0.15, -0.1) is 0 Å². The van der Waals surface area contributed by atoms with Crippen molar-refractivity contribution >= 4 is 17.8 Å². The van der Waals surface area contributed by atoms with Gasteiger partial charge in [0.05, 0.1) is 18.3 Å². The van der Waals surface area contributed by atoms with E-state index >= 15 is 4.39 Å². The van der Waals surface area contributed by atoms with E-state index in [1.165, 1.54) is 29.6 Å². The van der Waals surface area contributed by atoms with Crippen LogP contribution in [0.25, 0.3) is 0 Å². The van der Waals surface area contributed by atoms with Crippen LogP contribution in [0.4, 0.5) is 19.4 Å². The van der Waals surface area contributed by atoms with E-state index in [0.717, 1.165) is 6.07 Å². The van der Waals surface area contributed by atoms with Crippen LogP contribution in [0.5, 0.6) is 11.5 Å². The number of amides is 2. The van der Waals surface area contributed by atoms with Crippen LogP contribution >= 0.6 is 0 Å². The molecule has 0 bridgehead atoms. The Morgan fingerprint density at radius 3 is 2.62 bits per heavy atom. The van der Waals surface area contributed by atoms with Gasteiger partial charge in [0, 0.05) is 38.5 Å². The fourth-order valence-corrected chi connectivity index (χ4v) is 3.82. The van der Waals surface area contributed by atoms with E-state index in [1.807, 2.05) is 20.8 Å². The van der Waals surface area contributed by atoms with Crippen LogP contribution in [0, 0.1) is 5.82 Å². The van der Waals surface area contributed by atoms with Gasteiger partial charge in [-0.3, -0.25) is 4.79 Å². The van der Waals surface area contributed by atoms with Crippen LogP contribution in [-0.4, -0.2) is 74.8 Å². The number of aromatic nitrogens is 2. The molecule has 2 heterocycles. The second-order valence-corrected chi connectivity index (χ2v) is 8.44. The number of benzene rings is 1. The molecule has 1 aromatic carbocycles. The third kappa shape index (κ3) is 5.89. The molecule has 1 fully saturated rings. The van der Waals surface area contributed by atoms with Crippen LogP contribution in [-0.2, 0) is 0 Å². The molecule has 1 aliphatic heterocycles. The summed E-state index contributed by atoms with van der Waals surface area (Å²) in [6.45, 7) is 6.09. The quantitative estimate of drug-likeness (QED) is 0.587. The number of carboxylic acid groups (broad SMARTS) is 1. The molecule has 9 nitrogen and oxygen atoms in total. The van der Waals surface area contributed by atoms with Crippen LogP contribution in [0.15, 0.2) is 30.7 Å². The molecule has 0 unspecified atom stereocenters. The number of carbonyl (C=O) groups excluding carboxylic acids is 1. The summed E-state index contributed by atoms with van der Waals surface area (Å²) in [5, 5.41) is 12.0. The SMILES string of the molecule is CCN(C(=O)c1cc(F)ccc1Oc1cncnc1NCC1(F)CCN(C(=O)O)CC1)C(C)C. The van der Waals surface area contributed by atoms with Crippen LogP contribution in [0.3, 0.4) is 0 Å². The predicted molar refractivity (Wildman–Crippen MR) is 122 cm³/mol. The van der Waals surface area contributed by atoms with E-state index in [2.05, 4.69) is 15.3 Å². The van der Waals surface area contributed by atoms with E-state index in [4.69, 9.17) is 9.84 Å². The van der Waals surface area contributed by atoms with Gasteiger partial charge in [-0.25, -0.2) is 23.5 Å². The van der Waals surface area contributed by atoms with E-state index in [1.54, 1.807) is 4.90 Å². The summed E-state index contributed by atoms with van der Waals surface area (Å²) in [4.78, 5) is 34.9. The third-order valence-corrected chi connectivity index (χ3v) is 5.80. The first kappa shape index (κ1) is 25.1. The molecule has 0 spiro atoms. The van der Waals surface area contributed by atoms with E-state index in [-0.39, 0.29) is 67.3 Å². The van der Waals surface area contributed by atoms with Crippen molar-refractivity contribution in [2.75, 3.05) is 31.5 Å². The minimum absolute atomic E-state index is 0.0479. The second-order valence-electron chi connectivity index (χ2n) is 8.44. The van der Waals surface area contributed by atoms with Gasteiger partial charge in [0.2, 0.25) is 0 Å². The molecule has 2 N–H and O–H groups in total. The number of rotatable bonds is 8. The molecule has 0 radical (unpaired) electrons. The fraction of sp³-hybridized carbons (Fsp3) is 0.478. The molecule has 0 saturated carbocycles. The van der Waals surface area contributed by atoms with Crippen LogP contribution in [0.1, 0.15) is 44.0 Å². The highest BCUT2D eigenvalue weighted by Crippen LogP contribution is 2.33. The highest BCUT2D eigenvalue weighted by atomic mass is 19.1. The third-order valence-electron chi connectivity index (χ3n) is 5.80. The smallest absolute Gasteiger partial charge is 0.407 e. The van der Waals surface area contributed by atoms with Gasteiger partial charge in [-0.2, -0.15) is 0 Å². The number of ether oxygens (including phenoxy) is 1. The number of likely N-dealkylation sites (tertiary alicyclic amines) is 1. The average Bonchev–Trinajstić information content (AvgIpc) is 2.80. The number of anilines is 1. The Morgan fingerprint density at radius 2 is 2.00 bits per heavy atom. The van der Waals surface area contributed by atoms with Crippen LogP contribution in [0.2, 0.25) is 0 Å². The van der Waals surface area contributed by atoms with Crippen molar-refractivity contribution < 1.29 is 28.2 Å². The van der Waals surface area contributed by atoms with Crippen LogP contribution < -0.4 is 10.1 Å². The summed E-state index contributed by atoms with van der Waals surface area (Å²) >= 11 is 0. The maximum atomic E-state index is 15.2. The second kappa shape index (κ2) is 10.6. The number of alkyl halides is 1. The van der Waals surface area contributed by atoms with Gasteiger partial charge < -0.3 is 25.0 Å². The summed E-state index contributed by atoms with van der Waals surface area (Å²) in [5.74, 6) is -0.501. The lowest BCUT2D eigenvalue weighted by molar-refractivity contribution is 0.0657. The maximum absolute atomic E-state index is 15.2. The number of hydrogen-bond acceptors (Lipinski definition) is 6. The lowest BCUT2D eigenvalue weighted by Crippen LogP contribution is -2.47. The van der Waals surface area contributed by atoms with Crippen molar-refractivity contribution in [3.05, 3.63) is 42.1 Å². The monoisotopic (exact) mass is 477 g/mol. The first-order chi connectivity index (χ1) is 16.1. The number of hydrogen-bond donors (Lipinski definition) is 2. The molecule has 184 valence electrons. The standard InChI is InChI=1S/C23H29F2N5O4/c1-4-30(15(2)3)21(31)17-11-16(24)5-6-18(17)34-19-12-26-14-28-20(19)27-13-23(25)7-9-29(10-8-23)22(32)33/h5-6,11-12,14-15H,4,7-10,13H2,1-3H3,(H,32,33)(H,26,27,28). The van der Waals surface area contributed by atoms with E-state index in [9.17, 15) is 14.0 Å². The molecule has 1 aliphatic rings. The number of piperidine rings is 1. The van der Waals surface area contributed by atoms with Gasteiger partial charge in [0.25, 0.3) is 5.91 Å². The summed E-state index contributed by atoms with van der Waals surface area (Å²) in [6, 6.07) is 3.55. The van der Waals surface area contributed by atoms with Crippen molar-refractivity contribution in [3.8, 4) is 11.5 Å². The summed E-state index contributed by atoms with van der Waals surface area (Å²) in [6.07, 6.45) is 1.66. The first-order valence-corrected chi connectivity index (χ1v) is 11.1. The zero-order valence-corrected chi connectivity index (χ0v) is 19.4. The molecule has 2 amide bonds. The number of carbonyl (C=O) groups is 2. The number of nitrogens with one attached hydrogen (secondary N) is 1. The Hall–Kier alpha value is -3.50. The minimum Gasteiger partial charge on any atom is -0.465 e.